The molecular weight excluding hydrogens is 306 g/mol. The fourth-order valence-electron chi connectivity index (χ4n) is 2.39. The van der Waals surface area contributed by atoms with Crippen LogP contribution in [0.3, 0.4) is 0 Å². The Morgan fingerprint density at radius 1 is 1.04 bits per heavy atom. The molecule has 0 saturated heterocycles. The van der Waals surface area contributed by atoms with E-state index in [1.807, 2.05) is 55.5 Å². The lowest BCUT2D eigenvalue weighted by molar-refractivity contribution is 0.0936. The highest BCUT2D eigenvalue weighted by Gasteiger charge is 2.17. The lowest BCUT2D eigenvalue weighted by Gasteiger charge is -2.18. The number of amides is 1. The van der Waals surface area contributed by atoms with Crippen LogP contribution in [0, 0.1) is 0 Å². The molecule has 1 amide bonds. The van der Waals surface area contributed by atoms with Crippen LogP contribution < -0.4 is 10.1 Å². The highest BCUT2D eigenvalue weighted by Crippen LogP contribution is 2.28. The normalized spacial score (nSPS) is 12.0. The molecule has 1 atom stereocenters. The maximum Gasteiger partial charge on any atom is 0.252 e. The molecule has 0 unspecified atom stereocenters. The van der Waals surface area contributed by atoms with E-state index in [4.69, 9.17) is 4.74 Å². The number of carbonyl (C=O) groups excluding carboxylic acids is 1. The van der Waals surface area contributed by atoms with Gasteiger partial charge in [-0.15, -0.1) is 11.8 Å². The summed E-state index contributed by atoms with van der Waals surface area (Å²) in [6, 6.07) is 15.3. The first-order chi connectivity index (χ1) is 11.0. The molecule has 122 valence electrons. The fraction of sp³-hybridized carbons (Fsp3) is 0.316. The minimum Gasteiger partial charge on any atom is -0.496 e. The molecule has 4 heteroatoms. The molecule has 1 N–H and O–H groups in total. The summed E-state index contributed by atoms with van der Waals surface area (Å²) in [7, 11) is 1.64. The number of carbonyl (C=O) groups is 1. The number of hydrogen-bond acceptors (Lipinski definition) is 3. The van der Waals surface area contributed by atoms with Crippen molar-refractivity contribution in [2.75, 3.05) is 7.11 Å². The first-order valence-electron chi connectivity index (χ1n) is 7.72. The van der Waals surface area contributed by atoms with E-state index in [9.17, 15) is 4.79 Å². The molecule has 0 aliphatic carbocycles. The van der Waals surface area contributed by atoms with E-state index in [0.29, 0.717) is 10.8 Å². The molecule has 0 radical (unpaired) electrons. The standard InChI is InChI=1S/C19H23NO2S/c1-13(2)23-18-12-8-6-10-16(18)19(21)20-14(3)15-9-5-7-11-17(15)22-4/h5-14H,1-4H3,(H,20,21)/t14-/m1/s1. The topological polar surface area (TPSA) is 38.3 Å². The number of hydrogen-bond donors (Lipinski definition) is 1. The summed E-state index contributed by atoms with van der Waals surface area (Å²) >= 11 is 1.70. The van der Waals surface area contributed by atoms with E-state index in [0.717, 1.165) is 16.2 Å². The van der Waals surface area contributed by atoms with Gasteiger partial charge in [-0.05, 0) is 25.1 Å². The van der Waals surface area contributed by atoms with Gasteiger partial charge >= 0.3 is 0 Å². The van der Waals surface area contributed by atoms with Gasteiger partial charge in [0.05, 0.1) is 18.7 Å². The number of rotatable bonds is 6. The number of methoxy groups -OCH3 is 1. The van der Waals surface area contributed by atoms with Crippen LogP contribution in [0.15, 0.2) is 53.4 Å². The Morgan fingerprint density at radius 2 is 1.70 bits per heavy atom. The second-order valence-corrected chi connectivity index (χ2v) is 7.22. The minimum absolute atomic E-state index is 0.0628. The summed E-state index contributed by atoms with van der Waals surface area (Å²) in [6.07, 6.45) is 0. The molecule has 2 aromatic rings. The van der Waals surface area contributed by atoms with Crippen LogP contribution in [0.25, 0.3) is 0 Å². The Hall–Kier alpha value is -1.94. The van der Waals surface area contributed by atoms with Gasteiger partial charge in [0, 0.05) is 15.7 Å². The summed E-state index contributed by atoms with van der Waals surface area (Å²) in [4.78, 5) is 13.7. The van der Waals surface area contributed by atoms with Gasteiger partial charge < -0.3 is 10.1 Å². The molecule has 23 heavy (non-hydrogen) atoms. The van der Waals surface area contributed by atoms with Crippen molar-refractivity contribution < 1.29 is 9.53 Å². The Balaban J connectivity index is 2.19. The van der Waals surface area contributed by atoms with E-state index in [2.05, 4.69) is 19.2 Å². The smallest absolute Gasteiger partial charge is 0.252 e. The minimum atomic E-state index is -0.129. The van der Waals surface area contributed by atoms with Crippen LogP contribution in [-0.2, 0) is 0 Å². The van der Waals surface area contributed by atoms with Crippen LogP contribution in [0.2, 0.25) is 0 Å². The van der Waals surface area contributed by atoms with Crippen molar-refractivity contribution >= 4 is 17.7 Å². The Kier molecular flexibility index (Phi) is 6.11. The quantitative estimate of drug-likeness (QED) is 0.782. The molecule has 0 saturated carbocycles. The first kappa shape index (κ1) is 17.4. The van der Waals surface area contributed by atoms with E-state index in [-0.39, 0.29) is 11.9 Å². The average molecular weight is 329 g/mol. The van der Waals surface area contributed by atoms with Crippen LogP contribution in [0.1, 0.15) is 42.7 Å². The first-order valence-corrected chi connectivity index (χ1v) is 8.60. The molecular formula is C19H23NO2S. The third-order valence-corrected chi connectivity index (χ3v) is 4.53. The summed E-state index contributed by atoms with van der Waals surface area (Å²) in [5, 5.41) is 3.50. The lowest BCUT2D eigenvalue weighted by Crippen LogP contribution is -2.27. The maximum atomic E-state index is 12.7. The van der Waals surface area contributed by atoms with Gasteiger partial charge in [0.2, 0.25) is 0 Å². The van der Waals surface area contributed by atoms with E-state index < -0.39 is 0 Å². The lowest BCUT2D eigenvalue weighted by atomic mass is 10.1. The van der Waals surface area contributed by atoms with Crippen molar-refractivity contribution in [2.45, 2.75) is 37.0 Å². The number of nitrogens with one attached hydrogen (secondary N) is 1. The van der Waals surface area contributed by atoms with Gasteiger partial charge in [0.25, 0.3) is 5.91 Å². The molecule has 0 spiro atoms. The fourth-order valence-corrected chi connectivity index (χ4v) is 3.34. The summed E-state index contributed by atoms with van der Waals surface area (Å²) in [5.41, 5.74) is 1.69. The SMILES string of the molecule is COc1ccccc1[C@@H](C)NC(=O)c1ccccc1SC(C)C. The average Bonchev–Trinajstić information content (AvgIpc) is 2.54. The molecule has 0 heterocycles. The van der Waals surface area contributed by atoms with Crippen molar-refractivity contribution in [1.82, 2.24) is 5.32 Å². The summed E-state index contributed by atoms with van der Waals surface area (Å²) < 4.78 is 5.37. The van der Waals surface area contributed by atoms with Crippen LogP contribution >= 0.6 is 11.8 Å². The molecule has 0 aliphatic heterocycles. The highest BCUT2D eigenvalue weighted by molar-refractivity contribution is 8.00. The summed E-state index contributed by atoms with van der Waals surface area (Å²) in [6.45, 7) is 6.21. The van der Waals surface area contributed by atoms with E-state index in [1.165, 1.54) is 0 Å². The Bertz CT molecular complexity index is 670. The van der Waals surface area contributed by atoms with Crippen molar-refractivity contribution in [3.8, 4) is 5.75 Å². The largest absolute Gasteiger partial charge is 0.496 e. The van der Waals surface area contributed by atoms with E-state index in [1.54, 1.807) is 18.9 Å². The third-order valence-electron chi connectivity index (χ3n) is 3.45. The molecule has 0 aromatic heterocycles. The second-order valence-electron chi connectivity index (χ2n) is 5.60. The molecule has 3 nitrogen and oxygen atoms in total. The number of ether oxygens (including phenoxy) is 1. The number of thioether (sulfide) groups is 1. The van der Waals surface area contributed by atoms with Gasteiger partial charge in [-0.25, -0.2) is 0 Å². The molecule has 2 aromatic carbocycles. The summed E-state index contributed by atoms with van der Waals surface area (Å²) in [5.74, 6) is 0.720. The second kappa shape index (κ2) is 8.06. The van der Waals surface area contributed by atoms with Gasteiger partial charge in [0.1, 0.15) is 5.75 Å². The molecule has 0 fully saturated rings. The zero-order valence-corrected chi connectivity index (χ0v) is 14.8. The highest BCUT2D eigenvalue weighted by atomic mass is 32.2. The predicted octanol–water partition coefficient (Wildman–Crippen LogP) is 4.69. The van der Waals surface area contributed by atoms with Crippen molar-refractivity contribution in [3.05, 3.63) is 59.7 Å². The Labute approximate surface area is 142 Å². The molecule has 0 bridgehead atoms. The van der Waals surface area contributed by atoms with Crippen molar-refractivity contribution in [3.63, 3.8) is 0 Å². The van der Waals surface area contributed by atoms with Crippen molar-refractivity contribution in [1.29, 1.82) is 0 Å². The van der Waals surface area contributed by atoms with Gasteiger partial charge in [-0.2, -0.15) is 0 Å². The molecule has 2 rings (SSSR count). The van der Waals surface area contributed by atoms with Gasteiger partial charge in [-0.3, -0.25) is 4.79 Å². The van der Waals surface area contributed by atoms with Crippen LogP contribution in [0.4, 0.5) is 0 Å². The monoisotopic (exact) mass is 329 g/mol. The van der Waals surface area contributed by atoms with Crippen LogP contribution in [-0.4, -0.2) is 18.3 Å². The van der Waals surface area contributed by atoms with Crippen LogP contribution in [0.5, 0.6) is 5.75 Å². The van der Waals surface area contributed by atoms with Gasteiger partial charge in [-0.1, -0.05) is 44.2 Å². The maximum absolute atomic E-state index is 12.7. The molecule has 0 aliphatic rings. The zero-order chi connectivity index (χ0) is 16.8. The zero-order valence-electron chi connectivity index (χ0n) is 14.0. The number of para-hydroxylation sites is 1. The van der Waals surface area contributed by atoms with Gasteiger partial charge in [0.15, 0.2) is 0 Å². The predicted molar refractivity (Wildman–Crippen MR) is 96.3 cm³/mol. The number of benzene rings is 2. The van der Waals surface area contributed by atoms with Crippen molar-refractivity contribution in [2.24, 2.45) is 0 Å². The Morgan fingerprint density at radius 3 is 2.39 bits per heavy atom. The third kappa shape index (κ3) is 4.52. The van der Waals surface area contributed by atoms with E-state index >= 15 is 0 Å².